The highest BCUT2D eigenvalue weighted by Crippen LogP contribution is 2.43. The van der Waals surface area contributed by atoms with Crippen LogP contribution in [-0.4, -0.2) is 49.9 Å². The average molecular weight is 746 g/mol. The number of rotatable bonds is 42. The molecule has 0 bridgehead atoms. The Hall–Kier alpha value is -0.760. The number of phosphoric acid groups is 1. The van der Waals surface area contributed by atoms with E-state index in [1.54, 1.807) is 0 Å². The number of allylic oxidation sites excluding steroid dienone is 2. The molecule has 0 amide bonds. The summed E-state index contributed by atoms with van der Waals surface area (Å²) in [6, 6.07) is 0. The van der Waals surface area contributed by atoms with Gasteiger partial charge in [0.1, 0.15) is 6.10 Å². The Balaban J connectivity index is 4.01. The largest absolute Gasteiger partial charge is 0.472 e. The minimum Gasteiger partial charge on any atom is -0.457 e. The third-order valence-electron chi connectivity index (χ3n) is 9.43. The van der Waals surface area contributed by atoms with Crippen molar-refractivity contribution in [1.29, 1.82) is 0 Å². The Bertz CT molecular complexity index is 797. The van der Waals surface area contributed by atoms with E-state index in [1.807, 2.05) is 0 Å². The maximum absolute atomic E-state index is 12.6. The summed E-state index contributed by atoms with van der Waals surface area (Å²) in [6.07, 6.45) is 42.2. The van der Waals surface area contributed by atoms with Crippen LogP contribution in [0.4, 0.5) is 0 Å². The van der Waals surface area contributed by atoms with E-state index >= 15 is 0 Å². The summed E-state index contributed by atoms with van der Waals surface area (Å²) in [5, 5.41) is 0. The van der Waals surface area contributed by atoms with Crippen molar-refractivity contribution in [3.05, 3.63) is 12.2 Å². The van der Waals surface area contributed by atoms with Gasteiger partial charge in [0.25, 0.3) is 0 Å². The average Bonchev–Trinajstić information content (AvgIpc) is 3.12. The smallest absolute Gasteiger partial charge is 0.457 e. The third kappa shape index (κ3) is 40.3. The molecule has 8 nitrogen and oxygen atoms in total. The molecule has 0 aliphatic rings. The van der Waals surface area contributed by atoms with Gasteiger partial charge in [-0.2, -0.15) is 0 Å². The van der Waals surface area contributed by atoms with Gasteiger partial charge in [-0.25, -0.2) is 4.57 Å². The number of unbranched alkanes of at least 4 members (excludes halogenated alkanes) is 27. The van der Waals surface area contributed by atoms with Gasteiger partial charge in [-0.05, 0) is 38.5 Å². The summed E-state index contributed by atoms with van der Waals surface area (Å²) in [5.74, 6) is -0.335. The third-order valence-corrected chi connectivity index (χ3v) is 10.4. The Labute approximate surface area is 315 Å². The molecule has 0 rings (SSSR count). The van der Waals surface area contributed by atoms with Gasteiger partial charge in [0.05, 0.1) is 19.8 Å². The minimum atomic E-state index is -4.27. The topological polar surface area (TPSA) is 117 Å². The van der Waals surface area contributed by atoms with Gasteiger partial charge in [-0.3, -0.25) is 13.8 Å². The number of esters is 1. The van der Waals surface area contributed by atoms with Crippen molar-refractivity contribution in [3.63, 3.8) is 0 Å². The second-order valence-corrected chi connectivity index (χ2v) is 16.0. The van der Waals surface area contributed by atoms with Crippen molar-refractivity contribution < 1.29 is 32.8 Å². The molecule has 0 spiro atoms. The summed E-state index contributed by atoms with van der Waals surface area (Å²) in [7, 11) is -4.27. The van der Waals surface area contributed by atoms with Crippen LogP contribution in [-0.2, 0) is 27.9 Å². The molecule has 0 aliphatic carbocycles. The zero-order chi connectivity index (χ0) is 37.4. The number of phosphoric ester groups is 1. The van der Waals surface area contributed by atoms with Crippen molar-refractivity contribution in [2.24, 2.45) is 5.73 Å². The van der Waals surface area contributed by atoms with Crippen LogP contribution in [0.3, 0.4) is 0 Å². The molecular weight excluding hydrogens is 661 g/mol. The van der Waals surface area contributed by atoms with Crippen LogP contribution in [0.5, 0.6) is 0 Å². The number of hydrogen-bond acceptors (Lipinski definition) is 7. The van der Waals surface area contributed by atoms with Crippen LogP contribution < -0.4 is 5.73 Å². The van der Waals surface area contributed by atoms with Gasteiger partial charge >= 0.3 is 13.8 Å². The highest BCUT2D eigenvalue weighted by Gasteiger charge is 2.25. The molecule has 0 saturated carbocycles. The van der Waals surface area contributed by atoms with E-state index in [9.17, 15) is 14.3 Å². The molecule has 0 aromatic rings. The van der Waals surface area contributed by atoms with Gasteiger partial charge in [0, 0.05) is 19.6 Å². The maximum atomic E-state index is 12.6. The van der Waals surface area contributed by atoms with Crippen molar-refractivity contribution in [2.75, 3.05) is 33.0 Å². The van der Waals surface area contributed by atoms with E-state index in [0.29, 0.717) is 13.0 Å². The Morgan fingerprint density at radius 3 is 1.43 bits per heavy atom. The van der Waals surface area contributed by atoms with Crippen LogP contribution in [0.15, 0.2) is 12.2 Å². The molecule has 2 atom stereocenters. The first kappa shape index (κ1) is 50.2. The molecule has 2 unspecified atom stereocenters. The SMILES string of the molecule is CCCCCCCCC/C=C\CCCCCCCC(=O)OC(COCCCCCCCCCCCCCCCCCC)COP(=O)(O)OCCN. The van der Waals surface area contributed by atoms with Crippen LogP contribution in [0.2, 0.25) is 0 Å². The Morgan fingerprint density at radius 2 is 0.980 bits per heavy atom. The van der Waals surface area contributed by atoms with Crippen LogP contribution in [0.1, 0.15) is 213 Å². The molecule has 0 aromatic carbocycles. The standard InChI is InChI=1S/C42H84NO7P/c1-3-5-7-9-11-13-15-17-19-21-23-25-27-29-31-33-35-42(44)50-41(40-49-51(45,46)48-38-36-43)39-47-37-34-32-30-28-26-24-22-20-18-16-14-12-10-8-6-4-2/h19,21,41H,3-18,20,22-40,43H2,1-2H3,(H,45,46)/b21-19-. The first-order valence-electron chi connectivity index (χ1n) is 21.7. The van der Waals surface area contributed by atoms with E-state index in [2.05, 4.69) is 26.0 Å². The van der Waals surface area contributed by atoms with Crippen LogP contribution in [0.25, 0.3) is 0 Å². The summed E-state index contributed by atoms with van der Waals surface area (Å²) in [5.41, 5.74) is 5.37. The van der Waals surface area contributed by atoms with Gasteiger partial charge in [-0.15, -0.1) is 0 Å². The van der Waals surface area contributed by atoms with E-state index in [1.165, 1.54) is 148 Å². The van der Waals surface area contributed by atoms with Crippen molar-refractivity contribution in [1.82, 2.24) is 0 Å². The molecule has 0 saturated heterocycles. The zero-order valence-electron chi connectivity index (χ0n) is 33.6. The second kappa shape index (κ2) is 40.4. The first-order valence-corrected chi connectivity index (χ1v) is 23.2. The lowest BCUT2D eigenvalue weighted by molar-refractivity contribution is -0.154. The quantitative estimate of drug-likeness (QED) is 0.0274. The number of carbonyl (C=O) groups excluding carboxylic acids is 1. The number of nitrogens with two attached hydrogens (primary N) is 1. The van der Waals surface area contributed by atoms with Crippen molar-refractivity contribution >= 4 is 13.8 Å². The number of ether oxygens (including phenoxy) is 2. The maximum Gasteiger partial charge on any atom is 0.472 e. The minimum absolute atomic E-state index is 0.0937. The molecule has 3 N–H and O–H groups in total. The van der Waals surface area contributed by atoms with Gasteiger partial charge < -0.3 is 20.1 Å². The summed E-state index contributed by atoms with van der Waals surface area (Å²) < 4.78 is 33.4. The normalized spacial score (nSPS) is 13.6. The van der Waals surface area contributed by atoms with Gasteiger partial charge in [0.2, 0.25) is 0 Å². The van der Waals surface area contributed by atoms with Crippen molar-refractivity contribution in [3.8, 4) is 0 Å². The molecule has 9 heteroatoms. The second-order valence-electron chi connectivity index (χ2n) is 14.6. The number of carbonyl (C=O) groups is 1. The Morgan fingerprint density at radius 1 is 0.569 bits per heavy atom. The fourth-order valence-corrected chi connectivity index (χ4v) is 6.99. The molecular formula is C42H84NO7P. The lowest BCUT2D eigenvalue weighted by Crippen LogP contribution is -2.28. The molecule has 0 aliphatic heterocycles. The van der Waals surface area contributed by atoms with Gasteiger partial charge in [-0.1, -0.05) is 180 Å². The van der Waals surface area contributed by atoms with E-state index in [-0.39, 0.29) is 32.3 Å². The lowest BCUT2D eigenvalue weighted by atomic mass is 10.0. The molecule has 0 heterocycles. The number of hydrogen-bond donors (Lipinski definition) is 2. The van der Waals surface area contributed by atoms with Crippen LogP contribution in [0, 0.1) is 0 Å². The molecule has 304 valence electrons. The molecule has 51 heavy (non-hydrogen) atoms. The fourth-order valence-electron chi connectivity index (χ4n) is 6.23. The van der Waals surface area contributed by atoms with E-state index < -0.39 is 13.9 Å². The van der Waals surface area contributed by atoms with E-state index in [0.717, 1.165) is 44.9 Å². The highest BCUT2D eigenvalue weighted by atomic mass is 31.2. The highest BCUT2D eigenvalue weighted by molar-refractivity contribution is 7.47. The fraction of sp³-hybridized carbons (Fsp3) is 0.929. The van der Waals surface area contributed by atoms with Gasteiger partial charge in [0.15, 0.2) is 0 Å². The predicted molar refractivity (Wildman–Crippen MR) is 215 cm³/mol. The summed E-state index contributed by atoms with van der Waals surface area (Å²) in [4.78, 5) is 22.5. The Kier molecular flexibility index (Phi) is 39.8. The molecule has 0 radical (unpaired) electrons. The monoisotopic (exact) mass is 746 g/mol. The lowest BCUT2D eigenvalue weighted by Gasteiger charge is -2.20. The predicted octanol–water partition coefficient (Wildman–Crippen LogP) is 12.7. The van der Waals surface area contributed by atoms with E-state index in [4.69, 9.17) is 24.3 Å². The molecule has 0 aromatic heterocycles. The van der Waals surface area contributed by atoms with Crippen molar-refractivity contribution in [2.45, 2.75) is 219 Å². The zero-order valence-corrected chi connectivity index (χ0v) is 34.5. The van der Waals surface area contributed by atoms with Crippen LogP contribution >= 0.6 is 7.82 Å². The molecule has 0 fully saturated rings. The summed E-state index contributed by atoms with van der Waals surface area (Å²) >= 11 is 0. The summed E-state index contributed by atoms with van der Waals surface area (Å²) in [6.45, 7) is 4.95. The first-order chi connectivity index (χ1) is 24.9.